The van der Waals surface area contributed by atoms with Crippen molar-refractivity contribution >= 4 is 34.5 Å². The minimum absolute atomic E-state index is 0.363. The standard InChI is InChI=1S/C10H11BrO2S/c11-9-3-1-2-7(5-9)4-8(6-14)10(12)13/h1-3,5,8,14H,4,6H2,(H,12,13). The Labute approximate surface area is 96.9 Å². The van der Waals surface area contributed by atoms with E-state index < -0.39 is 11.9 Å². The fourth-order valence-corrected chi connectivity index (χ4v) is 1.91. The van der Waals surface area contributed by atoms with Gasteiger partial charge >= 0.3 is 5.97 Å². The molecule has 76 valence electrons. The van der Waals surface area contributed by atoms with Crippen molar-refractivity contribution in [3.05, 3.63) is 34.3 Å². The van der Waals surface area contributed by atoms with Crippen molar-refractivity contribution in [2.45, 2.75) is 6.42 Å². The van der Waals surface area contributed by atoms with E-state index in [0.717, 1.165) is 10.0 Å². The van der Waals surface area contributed by atoms with Crippen molar-refractivity contribution in [1.82, 2.24) is 0 Å². The fraction of sp³-hybridized carbons (Fsp3) is 0.300. The van der Waals surface area contributed by atoms with Crippen LogP contribution in [0.4, 0.5) is 0 Å². The minimum Gasteiger partial charge on any atom is -0.481 e. The van der Waals surface area contributed by atoms with Crippen LogP contribution in [-0.4, -0.2) is 16.8 Å². The molecule has 0 heterocycles. The van der Waals surface area contributed by atoms with Gasteiger partial charge in [0.2, 0.25) is 0 Å². The topological polar surface area (TPSA) is 37.3 Å². The Bertz CT molecular complexity index is 328. The molecule has 0 saturated heterocycles. The van der Waals surface area contributed by atoms with Crippen molar-refractivity contribution in [2.75, 3.05) is 5.75 Å². The summed E-state index contributed by atoms with van der Waals surface area (Å²) in [7, 11) is 0. The van der Waals surface area contributed by atoms with Gasteiger partial charge in [-0.2, -0.15) is 12.6 Å². The van der Waals surface area contributed by atoms with Gasteiger partial charge in [-0.05, 0) is 24.1 Å². The largest absolute Gasteiger partial charge is 0.481 e. The molecule has 0 aliphatic rings. The summed E-state index contributed by atoms with van der Waals surface area (Å²) in [6, 6.07) is 7.67. The first kappa shape index (κ1) is 11.6. The molecule has 0 aromatic heterocycles. The number of hydrogen-bond acceptors (Lipinski definition) is 2. The molecule has 0 saturated carbocycles. The van der Waals surface area contributed by atoms with Crippen LogP contribution in [0.5, 0.6) is 0 Å². The molecule has 1 aromatic carbocycles. The zero-order valence-corrected chi connectivity index (χ0v) is 9.96. The van der Waals surface area contributed by atoms with Gasteiger partial charge < -0.3 is 5.11 Å². The summed E-state index contributed by atoms with van der Waals surface area (Å²) in [4.78, 5) is 10.8. The third-order valence-electron chi connectivity index (χ3n) is 1.94. The second kappa shape index (κ2) is 5.41. The van der Waals surface area contributed by atoms with E-state index in [1.165, 1.54) is 0 Å². The van der Waals surface area contributed by atoms with Gasteiger partial charge in [0.15, 0.2) is 0 Å². The van der Waals surface area contributed by atoms with E-state index in [9.17, 15) is 4.79 Å². The maximum atomic E-state index is 10.8. The van der Waals surface area contributed by atoms with Crippen molar-refractivity contribution < 1.29 is 9.90 Å². The lowest BCUT2D eigenvalue weighted by Crippen LogP contribution is -2.17. The van der Waals surface area contributed by atoms with Crippen LogP contribution in [0.3, 0.4) is 0 Å². The fourth-order valence-electron chi connectivity index (χ4n) is 1.18. The van der Waals surface area contributed by atoms with Crippen LogP contribution in [0, 0.1) is 5.92 Å². The Kier molecular flexibility index (Phi) is 4.48. The van der Waals surface area contributed by atoms with Gasteiger partial charge in [0.25, 0.3) is 0 Å². The zero-order valence-electron chi connectivity index (χ0n) is 7.48. The third kappa shape index (κ3) is 3.35. The van der Waals surface area contributed by atoms with Crippen molar-refractivity contribution in [1.29, 1.82) is 0 Å². The van der Waals surface area contributed by atoms with Crippen LogP contribution in [-0.2, 0) is 11.2 Å². The van der Waals surface area contributed by atoms with Gasteiger partial charge in [-0.25, -0.2) is 0 Å². The number of carboxylic acid groups (broad SMARTS) is 1. The molecule has 0 aliphatic heterocycles. The second-order valence-electron chi connectivity index (χ2n) is 3.05. The number of hydrogen-bond donors (Lipinski definition) is 2. The number of halogens is 1. The number of thiol groups is 1. The molecule has 1 rings (SSSR count). The normalized spacial score (nSPS) is 12.4. The third-order valence-corrected chi connectivity index (χ3v) is 2.87. The summed E-state index contributed by atoms with van der Waals surface area (Å²) in [6.07, 6.45) is 0.526. The lowest BCUT2D eigenvalue weighted by Gasteiger charge is -2.08. The second-order valence-corrected chi connectivity index (χ2v) is 4.33. The maximum Gasteiger partial charge on any atom is 0.307 e. The molecule has 0 bridgehead atoms. The summed E-state index contributed by atoms with van der Waals surface area (Å²) in [5, 5.41) is 8.84. The predicted octanol–water partition coefficient (Wildman–Crippen LogP) is 2.62. The van der Waals surface area contributed by atoms with E-state index in [2.05, 4.69) is 28.6 Å². The van der Waals surface area contributed by atoms with Crippen LogP contribution in [0.25, 0.3) is 0 Å². The minimum atomic E-state index is -0.792. The molecule has 1 unspecified atom stereocenters. The SMILES string of the molecule is O=C(O)C(CS)Cc1cccc(Br)c1. The van der Waals surface area contributed by atoms with E-state index in [0.29, 0.717) is 12.2 Å². The molecule has 14 heavy (non-hydrogen) atoms. The molecule has 2 nitrogen and oxygen atoms in total. The molecule has 0 aliphatic carbocycles. The molecule has 4 heteroatoms. The number of carbonyl (C=O) groups is 1. The van der Waals surface area contributed by atoms with E-state index in [1.54, 1.807) is 0 Å². The highest BCUT2D eigenvalue weighted by molar-refractivity contribution is 9.10. The molecule has 1 aromatic rings. The summed E-state index contributed by atoms with van der Waals surface area (Å²) in [5.41, 5.74) is 1.01. The lowest BCUT2D eigenvalue weighted by atomic mass is 10.0. The first-order chi connectivity index (χ1) is 6.63. The smallest absolute Gasteiger partial charge is 0.307 e. The Morgan fingerprint density at radius 2 is 2.29 bits per heavy atom. The quantitative estimate of drug-likeness (QED) is 0.829. The van der Waals surface area contributed by atoms with Crippen molar-refractivity contribution in [2.24, 2.45) is 5.92 Å². The van der Waals surface area contributed by atoms with Crippen LogP contribution in [0.1, 0.15) is 5.56 Å². The van der Waals surface area contributed by atoms with Crippen LogP contribution >= 0.6 is 28.6 Å². The molecular weight excluding hydrogens is 264 g/mol. The van der Waals surface area contributed by atoms with Gasteiger partial charge in [-0.1, -0.05) is 28.1 Å². The van der Waals surface area contributed by atoms with E-state index in [-0.39, 0.29) is 0 Å². The zero-order chi connectivity index (χ0) is 10.6. The highest BCUT2D eigenvalue weighted by Gasteiger charge is 2.15. The van der Waals surface area contributed by atoms with Crippen molar-refractivity contribution in [3.8, 4) is 0 Å². The van der Waals surface area contributed by atoms with Gasteiger partial charge in [-0.15, -0.1) is 0 Å². The number of carboxylic acids is 1. The summed E-state index contributed by atoms with van der Waals surface area (Å²) < 4.78 is 0.971. The summed E-state index contributed by atoms with van der Waals surface area (Å²) in [5.74, 6) is -0.838. The molecule has 1 atom stereocenters. The van der Waals surface area contributed by atoms with Crippen LogP contribution in [0.15, 0.2) is 28.7 Å². The summed E-state index contributed by atoms with van der Waals surface area (Å²) in [6.45, 7) is 0. The molecule has 0 fully saturated rings. The molecule has 0 spiro atoms. The van der Waals surface area contributed by atoms with E-state index in [1.807, 2.05) is 24.3 Å². The Hall–Kier alpha value is -0.480. The van der Waals surface area contributed by atoms with E-state index in [4.69, 9.17) is 5.11 Å². The average Bonchev–Trinajstić information content (AvgIpc) is 2.14. The maximum absolute atomic E-state index is 10.8. The van der Waals surface area contributed by atoms with Gasteiger partial charge in [0.05, 0.1) is 5.92 Å². The first-order valence-electron chi connectivity index (χ1n) is 4.21. The Morgan fingerprint density at radius 1 is 1.57 bits per heavy atom. The number of rotatable bonds is 4. The van der Waals surface area contributed by atoms with Crippen LogP contribution in [0.2, 0.25) is 0 Å². The van der Waals surface area contributed by atoms with Gasteiger partial charge in [-0.3, -0.25) is 4.79 Å². The highest BCUT2D eigenvalue weighted by Crippen LogP contribution is 2.16. The predicted molar refractivity (Wildman–Crippen MR) is 62.8 cm³/mol. The summed E-state index contributed by atoms with van der Waals surface area (Å²) >= 11 is 7.36. The molecule has 0 radical (unpaired) electrons. The number of aliphatic carboxylic acids is 1. The first-order valence-corrected chi connectivity index (χ1v) is 5.64. The average molecular weight is 275 g/mol. The molecular formula is C10H11BrO2S. The van der Waals surface area contributed by atoms with E-state index >= 15 is 0 Å². The number of benzene rings is 1. The molecule has 1 N–H and O–H groups in total. The monoisotopic (exact) mass is 274 g/mol. The van der Waals surface area contributed by atoms with Gasteiger partial charge in [0, 0.05) is 10.2 Å². The highest BCUT2D eigenvalue weighted by atomic mass is 79.9. The lowest BCUT2D eigenvalue weighted by molar-refractivity contribution is -0.140. The van der Waals surface area contributed by atoms with Crippen LogP contribution < -0.4 is 0 Å². The van der Waals surface area contributed by atoms with Crippen molar-refractivity contribution in [3.63, 3.8) is 0 Å². The Balaban J connectivity index is 2.72. The Morgan fingerprint density at radius 3 is 2.79 bits per heavy atom. The van der Waals surface area contributed by atoms with Gasteiger partial charge in [0.1, 0.15) is 0 Å². The molecule has 0 amide bonds.